The third-order valence-corrected chi connectivity index (χ3v) is 4.35. The van der Waals surface area contributed by atoms with Crippen molar-refractivity contribution in [2.45, 2.75) is 45.8 Å². The number of carbonyl (C=O) groups excluding carboxylic acids is 1. The van der Waals surface area contributed by atoms with Gasteiger partial charge in [-0.1, -0.05) is 45.0 Å². The summed E-state index contributed by atoms with van der Waals surface area (Å²) in [6, 6.07) is 10.8. The van der Waals surface area contributed by atoms with Gasteiger partial charge >= 0.3 is 5.82 Å². The fourth-order valence-corrected chi connectivity index (χ4v) is 2.82. The van der Waals surface area contributed by atoms with Crippen LogP contribution in [0.1, 0.15) is 38.8 Å². The molecule has 2 aromatic rings. The second-order valence-electron chi connectivity index (χ2n) is 7.38. The molecule has 0 saturated carbocycles. The van der Waals surface area contributed by atoms with Gasteiger partial charge in [-0.25, -0.2) is 0 Å². The molecule has 0 bridgehead atoms. The first kappa shape index (κ1) is 17.8. The van der Waals surface area contributed by atoms with Crippen LogP contribution in [0, 0.1) is 10.1 Å². The summed E-state index contributed by atoms with van der Waals surface area (Å²) in [5.74, 6) is -0.0376. The molecule has 0 spiro atoms. The highest BCUT2D eigenvalue weighted by atomic mass is 16.6. The van der Waals surface area contributed by atoms with Gasteiger partial charge in [0.25, 0.3) is 11.7 Å². The third-order valence-electron chi connectivity index (χ3n) is 4.35. The lowest BCUT2D eigenvalue weighted by Crippen LogP contribution is -2.44. The average Bonchev–Trinajstić information content (AvgIpc) is 2.58. The lowest BCUT2D eigenvalue weighted by Gasteiger charge is -2.29. The quantitative estimate of drug-likeness (QED) is 0.620. The van der Waals surface area contributed by atoms with E-state index in [0.29, 0.717) is 5.75 Å². The fourth-order valence-electron chi connectivity index (χ4n) is 2.82. The number of hydrogen-bond donors (Lipinski definition) is 0. The summed E-state index contributed by atoms with van der Waals surface area (Å²) in [5.41, 5.74) is 2.15. The summed E-state index contributed by atoms with van der Waals surface area (Å²) in [6.45, 7) is 8.33. The maximum absolute atomic E-state index is 12.6. The molecule has 3 rings (SSSR count). The second-order valence-corrected chi connectivity index (χ2v) is 7.38. The van der Waals surface area contributed by atoms with Crippen molar-refractivity contribution in [1.29, 1.82) is 0 Å². The summed E-state index contributed by atoms with van der Waals surface area (Å²) in [5, 5.41) is 11.0. The average molecular weight is 355 g/mol. The number of rotatable bonds is 3. The number of nitrogens with zero attached hydrogens (tertiary/aromatic N) is 3. The van der Waals surface area contributed by atoms with Crippen molar-refractivity contribution in [2.75, 3.05) is 4.90 Å². The zero-order chi connectivity index (χ0) is 19.1. The first-order valence-electron chi connectivity index (χ1n) is 8.39. The van der Waals surface area contributed by atoms with E-state index in [4.69, 9.17) is 4.74 Å². The minimum Gasteiger partial charge on any atom is -0.475 e. The van der Waals surface area contributed by atoms with E-state index in [0.717, 1.165) is 5.56 Å². The number of amides is 1. The number of pyridine rings is 1. The molecule has 2 heterocycles. The molecule has 1 aliphatic heterocycles. The van der Waals surface area contributed by atoms with Gasteiger partial charge < -0.3 is 14.9 Å². The second kappa shape index (κ2) is 6.40. The zero-order valence-corrected chi connectivity index (χ0v) is 15.2. The molecule has 0 N–H and O–H groups in total. The van der Waals surface area contributed by atoms with Crippen LogP contribution < -0.4 is 9.64 Å². The molecular weight excluding hydrogens is 334 g/mol. The van der Waals surface area contributed by atoms with E-state index in [1.54, 1.807) is 6.92 Å². The summed E-state index contributed by atoms with van der Waals surface area (Å²) in [7, 11) is 0. The third kappa shape index (κ3) is 3.37. The normalized spacial score (nSPS) is 16.8. The fraction of sp³-hybridized carbons (Fsp3) is 0.368. The van der Waals surface area contributed by atoms with E-state index >= 15 is 0 Å². The highest BCUT2D eigenvalue weighted by molar-refractivity contribution is 5.98. The van der Waals surface area contributed by atoms with Crippen molar-refractivity contribution in [1.82, 2.24) is 4.98 Å². The van der Waals surface area contributed by atoms with Crippen LogP contribution in [0.15, 0.2) is 36.4 Å². The van der Waals surface area contributed by atoms with Gasteiger partial charge in [-0.05, 0) is 39.4 Å². The SMILES string of the molecule is CC1Oc2ccc([N+](=O)[O-])nc2N(Cc2ccc(C(C)(C)C)cc2)C1=O. The molecule has 0 saturated heterocycles. The Morgan fingerprint density at radius 1 is 1.19 bits per heavy atom. The molecule has 0 aliphatic carbocycles. The minimum absolute atomic E-state index is 0.0383. The van der Waals surface area contributed by atoms with Crippen LogP contribution in [-0.2, 0) is 16.8 Å². The van der Waals surface area contributed by atoms with Crippen LogP contribution in [0.5, 0.6) is 5.75 Å². The lowest BCUT2D eigenvalue weighted by molar-refractivity contribution is -0.389. The summed E-state index contributed by atoms with van der Waals surface area (Å²) < 4.78 is 5.53. The van der Waals surface area contributed by atoms with Crippen LogP contribution in [0.4, 0.5) is 11.6 Å². The predicted octanol–water partition coefficient (Wildman–Crippen LogP) is 3.60. The molecule has 136 valence electrons. The van der Waals surface area contributed by atoms with Gasteiger partial charge in [0.05, 0.1) is 6.54 Å². The Morgan fingerprint density at radius 2 is 1.85 bits per heavy atom. The van der Waals surface area contributed by atoms with Gasteiger partial charge in [0, 0.05) is 6.07 Å². The molecule has 7 heteroatoms. The molecule has 7 nitrogen and oxygen atoms in total. The van der Waals surface area contributed by atoms with E-state index in [1.807, 2.05) is 24.3 Å². The first-order valence-corrected chi connectivity index (χ1v) is 8.39. The molecule has 1 aromatic carbocycles. The minimum atomic E-state index is -0.667. The molecule has 0 fully saturated rings. The zero-order valence-electron chi connectivity index (χ0n) is 15.2. The van der Waals surface area contributed by atoms with Gasteiger partial charge in [0.15, 0.2) is 11.9 Å². The molecule has 1 amide bonds. The highest BCUT2D eigenvalue weighted by Gasteiger charge is 2.36. The lowest BCUT2D eigenvalue weighted by atomic mass is 9.87. The van der Waals surface area contributed by atoms with Crippen molar-refractivity contribution in [3.63, 3.8) is 0 Å². The predicted molar refractivity (Wildman–Crippen MR) is 97.3 cm³/mol. The number of aromatic nitrogens is 1. The van der Waals surface area contributed by atoms with Crippen LogP contribution in [-0.4, -0.2) is 21.9 Å². The monoisotopic (exact) mass is 355 g/mol. The van der Waals surface area contributed by atoms with E-state index in [1.165, 1.54) is 22.6 Å². The van der Waals surface area contributed by atoms with E-state index < -0.39 is 11.0 Å². The van der Waals surface area contributed by atoms with E-state index in [-0.39, 0.29) is 29.5 Å². The van der Waals surface area contributed by atoms with Crippen molar-refractivity contribution < 1.29 is 14.5 Å². The Labute approximate surface area is 151 Å². The summed E-state index contributed by atoms with van der Waals surface area (Å²) >= 11 is 0. The number of anilines is 1. The topological polar surface area (TPSA) is 85.6 Å². The number of hydrogen-bond acceptors (Lipinski definition) is 5. The van der Waals surface area contributed by atoms with E-state index in [9.17, 15) is 14.9 Å². The number of carbonyl (C=O) groups is 1. The van der Waals surface area contributed by atoms with Gasteiger partial charge in [0.1, 0.15) is 0 Å². The molecule has 1 unspecified atom stereocenters. The largest absolute Gasteiger partial charge is 0.475 e. The molecule has 0 radical (unpaired) electrons. The van der Waals surface area contributed by atoms with E-state index in [2.05, 4.69) is 25.8 Å². The molecule has 1 aliphatic rings. The Balaban J connectivity index is 1.95. The van der Waals surface area contributed by atoms with Crippen molar-refractivity contribution >= 4 is 17.5 Å². The molecule has 1 aromatic heterocycles. The van der Waals surface area contributed by atoms with Gasteiger partial charge in [-0.15, -0.1) is 0 Å². The van der Waals surface area contributed by atoms with Gasteiger partial charge in [0.2, 0.25) is 0 Å². The Hall–Kier alpha value is -2.96. The summed E-state index contributed by atoms with van der Waals surface area (Å²) in [4.78, 5) is 28.5. The van der Waals surface area contributed by atoms with Crippen molar-refractivity contribution in [3.05, 3.63) is 57.6 Å². The molecule has 26 heavy (non-hydrogen) atoms. The van der Waals surface area contributed by atoms with Crippen LogP contribution in [0.25, 0.3) is 0 Å². The van der Waals surface area contributed by atoms with Crippen LogP contribution in [0.3, 0.4) is 0 Å². The molecular formula is C19H21N3O4. The number of nitro groups is 1. The van der Waals surface area contributed by atoms with Gasteiger partial charge in [-0.3, -0.25) is 9.69 Å². The maximum Gasteiger partial charge on any atom is 0.366 e. The number of fused-ring (bicyclic) bond motifs is 1. The Kier molecular flexibility index (Phi) is 4.39. The number of benzene rings is 1. The highest BCUT2D eigenvalue weighted by Crippen LogP contribution is 2.35. The van der Waals surface area contributed by atoms with Crippen molar-refractivity contribution in [2.24, 2.45) is 0 Å². The maximum atomic E-state index is 12.6. The Bertz CT molecular complexity index is 856. The Morgan fingerprint density at radius 3 is 2.42 bits per heavy atom. The van der Waals surface area contributed by atoms with Crippen molar-refractivity contribution in [3.8, 4) is 5.75 Å². The molecule has 1 atom stereocenters. The number of ether oxygens (including phenoxy) is 1. The smallest absolute Gasteiger partial charge is 0.366 e. The first-order chi connectivity index (χ1) is 12.2. The van der Waals surface area contributed by atoms with Crippen LogP contribution in [0.2, 0.25) is 0 Å². The van der Waals surface area contributed by atoms with Gasteiger partial charge in [-0.2, -0.15) is 0 Å². The summed E-state index contributed by atoms with van der Waals surface area (Å²) in [6.07, 6.45) is -0.667. The standard InChI is InChI=1S/C19H21N3O4/c1-12-18(23)21(11-13-5-7-14(8-6-13)19(2,3)4)17-15(26-12)9-10-16(20-17)22(24)25/h5-10,12H,11H2,1-4H3. The van der Waals surface area contributed by atoms with Crippen LogP contribution >= 0.6 is 0 Å².